The molecular formula is C20H25. The van der Waals surface area contributed by atoms with Gasteiger partial charge in [-0.2, -0.15) is 0 Å². The van der Waals surface area contributed by atoms with E-state index in [1.54, 1.807) is 5.92 Å². The first kappa shape index (κ1) is 14.8. The van der Waals surface area contributed by atoms with Crippen molar-refractivity contribution in [2.75, 3.05) is 0 Å². The van der Waals surface area contributed by atoms with Crippen molar-refractivity contribution < 1.29 is 0 Å². The second-order valence-electron chi connectivity index (χ2n) is 6.00. The largest absolute Gasteiger partial charge is 0.0628 e. The molecule has 0 saturated carbocycles. The average molecular weight is 265 g/mol. The highest BCUT2D eigenvalue weighted by Gasteiger charge is 2.12. The molecule has 0 aromatic heterocycles. The van der Waals surface area contributed by atoms with E-state index in [4.69, 9.17) is 0 Å². The van der Waals surface area contributed by atoms with Gasteiger partial charge in [0.1, 0.15) is 0 Å². The molecule has 0 aliphatic rings. The molecule has 0 aliphatic carbocycles. The van der Waals surface area contributed by atoms with Crippen LogP contribution >= 0.6 is 0 Å². The summed E-state index contributed by atoms with van der Waals surface area (Å²) < 4.78 is 0. The quantitative estimate of drug-likeness (QED) is 0.621. The fourth-order valence-corrected chi connectivity index (χ4v) is 2.69. The zero-order valence-corrected chi connectivity index (χ0v) is 12.7. The summed E-state index contributed by atoms with van der Waals surface area (Å²) in [4.78, 5) is 0. The standard InChI is InChI=1S/C20H25/c1-17(2)15-20(16-19-11-7-4-8-12-19)14-13-18-9-5-3-6-10-18/h3-12,17H,13-16H2,1-2H3. The molecule has 0 unspecified atom stereocenters. The Balaban J connectivity index is 1.93. The predicted molar refractivity (Wildman–Crippen MR) is 87.6 cm³/mol. The Bertz CT molecular complexity index is 470. The molecule has 0 N–H and O–H groups in total. The number of hydrogen-bond donors (Lipinski definition) is 0. The highest BCUT2D eigenvalue weighted by Crippen LogP contribution is 2.24. The molecule has 0 saturated heterocycles. The first-order chi connectivity index (χ1) is 9.74. The molecule has 1 radical (unpaired) electrons. The molecule has 0 spiro atoms. The van der Waals surface area contributed by atoms with Crippen molar-refractivity contribution >= 4 is 0 Å². The number of aryl methyl sites for hydroxylation is 1. The Morgan fingerprint density at radius 2 is 1.35 bits per heavy atom. The Hall–Kier alpha value is -1.56. The van der Waals surface area contributed by atoms with Gasteiger partial charge in [0, 0.05) is 0 Å². The van der Waals surface area contributed by atoms with Crippen molar-refractivity contribution in [3.8, 4) is 0 Å². The summed E-state index contributed by atoms with van der Waals surface area (Å²) in [5, 5.41) is 0. The van der Waals surface area contributed by atoms with Crippen LogP contribution in [-0.4, -0.2) is 0 Å². The van der Waals surface area contributed by atoms with Crippen LogP contribution in [0.15, 0.2) is 60.7 Å². The topological polar surface area (TPSA) is 0 Å². The summed E-state index contributed by atoms with van der Waals surface area (Å²) in [7, 11) is 0. The fourth-order valence-electron chi connectivity index (χ4n) is 2.69. The molecule has 2 aromatic carbocycles. The predicted octanol–water partition coefficient (Wildman–Crippen LogP) is 5.48. The Labute approximate surface area is 123 Å². The van der Waals surface area contributed by atoms with Gasteiger partial charge in [-0.05, 0) is 48.6 Å². The van der Waals surface area contributed by atoms with Crippen molar-refractivity contribution in [3.63, 3.8) is 0 Å². The Morgan fingerprint density at radius 1 is 0.800 bits per heavy atom. The van der Waals surface area contributed by atoms with E-state index in [1.807, 2.05) is 0 Å². The molecule has 0 fully saturated rings. The van der Waals surface area contributed by atoms with Gasteiger partial charge in [0.2, 0.25) is 0 Å². The second kappa shape index (κ2) is 7.89. The molecule has 0 heterocycles. The SMILES string of the molecule is CC(C)C[C](CCc1ccccc1)Cc1ccccc1. The van der Waals surface area contributed by atoms with E-state index in [-0.39, 0.29) is 0 Å². The lowest BCUT2D eigenvalue weighted by atomic mass is 9.86. The van der Waals surface area contributed by atoms with Crippen LogP contribution in [0.5, 0.6) is 0 Å². The van der Waals surface area contributed by atoms with Crippen molar-refractivity contribution in [1.82, 2.24) is 0 Å². The highest BCUT2D eigenvalue weighted by molar-refractivity contribution is 5.21. The van der Waals surface area contributed by atoms with Crippen LogP contribution in [0.25, 0.3) is 0 Å². The third kappa shape index (κ3) is 5.21. The van der Waals surface area contributed by atoms with Crippen molar-refractivity contribution in [3.05, 3.63) is 77.7 Å². The average Bonchev–Trinajstić information content (AvgIpc) is 2.46. The van der Waals surface area contributed by atoms with Crippen molar-refractivity contribution in [2.45, 2.75) is 39.5 Å². The second-order valence-corrected chi connectivity index (χ2v) is 6.00. The number of benzene rings is 2. The normalized spacial score (nSPS) is 11.2. The molecule has 0 aliphatic heterocycles. The molecule has 0 nitrogen and oxygen atoms in total. The van der Waals surface area contributed by atoms with Crippen LogP contribution in [0.1, 0.15) is 37.8 Å². The summed E-state index contributed by atoms with van der Waals surface area (Å²) in [6.07, 6.45) is 4.74. The fraction of sp³-hybridized carbons (Fsp3) is 0.350. The highest BCUT2D eigenvalue weighted by atomic mass is 14.2. The van der Waals surface area contributed by atoms with Gasteiger partial charge in [-0.1, -0.05) is 74.5 Å². The van der Waals surface area contributed by atoms with Crippen LogP contribution in [-0.2, 0) is 12.8 Å². The third-order valence-corrected chi connectivity index (χ3v) is 3.60. The van der Waals surface area contributed by atoms with Gasteiger partial charge in [-0.15, -0.1) is 0 Å². The lowest BCUT2D eigenvalue weighted by Crippen LogP contribution is -2.07. The summed E-state index contributed by atoms with van der Waals surface area (Å²) >= 11 is 0. The molecule has 0 heteroatoms. The monoisotopic (exact) mass is 265 g/mol. The zero-order chi connectivity index (χ0) is 14.2. The van der Waals surface area contributed by atoms with E-state index in [0.717, 1.165) is 18.8 Å². The van der Waals surface area contributed by atoms with Crippen LogP contribution < -0.4 is 0 Å². The van der Waals surface area contributed by atoms with E-state index in [9.17, 15) is 0 Å². The summed E-state index contributed by atoms with van der Waals surface area (Å²) in [6, 6.07) is 21.7. The minimum atomic E-state index is 0.740. The lowest BCUT2D eigenvalue weighted by molar-refractivity contribution is 0.551. The van der Waals surface area contributed by atoms with E-state index in [0.29, 0.717) is 0 Å². The van der Waals surface area contributed by atoms with Gasteiger partial charge in [0.05, 0.1) is 0 Å². The van der Waals surface area contributed by atoms with Crippen molar-refractivity contribution in [2.24, 2.45) is 5.92 Å². The zero-order valence-electron chi connectivity index (χ0n) is 12.7. The van der Waals surface area contributed by atoms with E-state index >= 15 is 0 Å². The third-order valence-electron chi connectivity index (χ3n) is 3.60. The molecule has 0 atom stereocenters. The number of rotatable bonds is 7. The smallest absolute Gasteiger partial charge is 0.0192 e. The Kier molecular flexibility index (Phi) is 5.86. The van der Waals surface area contributed by atoms with Crippen LogP contribution in [0, 0.1) is 11.8 Å². The maximum Gasteiger partial charge on any atom is -0.0192 e. The van der Waals surface area contributed by atoms with Crippen LogP contribution in [0.2, 0.25) is 0 Å². The summed E-state index contributed by atoms with van der Waals surface area (Å²) in [6.45, 7) is 4.63. The van der Waals surface area contributed by atoms with Crippen molar-refractivity contribution in [1.29, 1.82) is 0 Å². The molecule has 2 rings (SSSR count). The molecule has 2 aromatic rings. The molecular weight excluding hydrogens is 240 g/mol. The van der Waals surface area contributed by atoms with E-state index < -0.39 is 0 Å². The first-order valence-electron chi connectivity index (χ1n) is 7.65. The Morgan fingerprint density at radius 3 is 1.90 bits per heavy atom. The van der Waals surface area contributed by atoms with Gasteiger partial charge in [0.25, 0.3) is 0 Å². The van der Waals surface area contributed by atoms with E-state index in [1.165, 1.54) is 24.0 Å². The minimum absolute atomic E-state index is 0.740. The van der Waals surface area contributed by atoms with Gasteiger partial charge >= 0.3 is 0 Å². The van der Waals surface area contributed by atoms with Gasteiger partial charge in [0.15, 0.2) is 0 Å². The van der Waals surface area contributed by atoms with Gasteiger partial charge in [-0.25, -0.2) is 0 Å². The maximum atomic E-state index is 2.31. The lowest BCUT2D eigenvalue weighted by Gasteiger charge is -2.18. The molecule has 20 heavy (non-hydrogen) atoms. The molecule has 0 amide bonds. The number of hydrogen-bond acceptors (Lipinski definition) is 0. The minimum Gasteiger partial charge on any atom is -0.0628 e. The molecule has 105 valence electrons. The van der Waals surface area contributed by atoms with Crippen LogP contribution in [0.4, 0.5) is 0 Å². The summed E-state index contributed by atoms with van der Waals surface area (Å²) in [5.41, 5.74) is 2.89. The van der Waals surface area contributed by atoms with E-state index in [2.05, 4.69) is 74.5 Å². The first-order valence-corrected chi connectivity index (χ1v) is 7.65. The maximum absolute atomic E-state index is 2.31. The summed E-state index contributed by atoms with van der Waals surface area (Å²) in [5.74, 6) is 2.42. The van der Waals surface area contributed by atoms with Gasteiger partial charge in [-0.3, -0.25) is 0 Å². The molecule has 0 bridgehead atoms. The van der Waals surface area contributed by atoms with Crippen LogP contribution in [0.3, 0.4) is 0 Å². The van der Waals surface area contributed by atoms with Gasteiger partial charge < -0.3 is 0 Å².